The molecule has 0 saturated heterocycles. The number of carbonyl (C=O) groups is 1. The lowest BCUT2D eigenvalue weighted by Gasteiger charge is -2.07. The Morgan fingerprint density at radius 3 is 3.00 bits per heavy atom. The first-order chi connectivity index (χ1) is 8.15. The van der Waals surface area contributed by atoms with Crippen LogP contribution in [0.25, 0.3) is 0 Å². The van der Waals surface area contributed by atoms with E-state index in [4.69, 9.17) is 15.7 Å². The highest BCUT2D eigenvalue weighted by Gasteiger charge is 2.05. The third-order valence-electron chi connectivity index (χ3n) is 1.90. The highest BCUT2D eigenvalue weighted by atomic mass is 16.5. The fraction of sp³-hybridized carbons (Fsp3) is 0.273. The molecular weight excluding hydrogens is 222 g/mol. The van der Waals surface area contributed by atoms with E-state index >= 15 is 0 Å². The number of amides is 1. The van der Waals surface area contributed by atoms with Gasteiger partial charge in [-0.25, -0.2) is 0 Å². The predicted octanol–water partition coefficient (Wildman–Crippen LogP) is 1.16. The second kappa shape index (κ2) is 6.37. The van der Waals surface area contributed by atoms with Crippen molar-refractivity contribution in [3.05, 3.63) is 24.3 Å². The minimum Gasteiger partial charge on any atom is -0.494 e. The fourth-order valence-electron chi connectivity index (χ4n) is 1.24. The monoisotopic (exact) mass is 237 g/mol. The van der Waals surface area contributed by atoms with Crippen LogP contribution in [0.15, 0.2) is 29.4 Å². The van der Waals surface area contributed by atoms with Gasteiger partial charge in [-0.3, -0.25) is 4.79 Å². The maximum atomic E-state index is 11.4. The molecule has 1 rings (SSSR count). The summed E-state index contributed by atoms with van der Waals surface area (Å²) in [5.74, 6) is 0.187. The normalized spacial score (nSPS) is 11.0. The van der Waals surface area contributed by atoms with Crippen molar-refractivity contribution < 1.29 is 14.7 Å². The van der Waals surface area contributed by atoms with E-state index in [9.17, 15) is 4.79 Å². The Balaban J connectivity index is 2.62. The standard InChI is InChI=1S/C11H15N3O3/c1-2-17-9-5-3-4-8(6-9)13-11(15)7-10(12)14-16/h3-6,16H,2,7H2,1H3,(H2,12,14)(H,13,15). The van der Waals surface area contributed by atoms with E-state index in [2.05, 4.69) is 10.5 Å². The van der Waals surface area contributed by atoms with E-state index in [0.717, 1.165) is 0 Å². The SMILES string of the molecule is CCOc1cccc(NC(=O)CC(N)=NO)c1. The van der Waals surface area contributed by atoms with Crippen LogP contribution in [0.5, 0.6) is 5.75 Å². The van der Waals surface area contributed by atoms with E-state index < -0.39 is 0 Å². The summed E-state index contributed by atoms with van der Waals surface area (Å²) in [6, 6.07) is 6.99. The Bertz CT molecular complexity index is 418. The third kappa shape index (κ3) is 4.42. The lowest BCUT2D eigenvalue weighted by molar-refractivity contribution is -0.115. The van der Waals surface area contributed by atoms with Crippen LogP contribution in [0.2, 0.25) is 0 Å². The summed E-state index contributed by atoms with van der Waals surface area (Å²) in [5, 5.41) is 13.7. The molecule has 0 saturated carbocycles. The van der Waals surface area contributed by atoms with E-state index in [1.807, 2.05) is 6.92 Å². The number of anilines is 1. The van der Waals surface area contributed by atoms with Crippen LogP contribution in [0.4, 0.5) is 5.69 Å². The maximum absolute atomic E-state index is 11.4. The molecule has 6 nitrogen and oxygen atoms in total. The van der Waals surface area contributed by atoms with Gasteiger partial charge < -0.3 is 21.0 Å². The van der Waals surface area contributed by atoms with Crippen molar-refractivity contribution in [3.63, 3.8) is 0 Å². The molecule has 0 radical (unpaired) electrons. The van der Waals surface area contributed by atoms with Crippen LogP contribution in [-0.2, 0) is 4.79 Å². The smallest absolute Gasteiger partial charge is 0.232 e. The molecule has 1 amide bonds. The van der Waals surface area contributed by atoms with Crippen molar-refractivity contribution >= 4 is 17.4 Å². The van der Waals surface area contributed by atoms with Crippen LogP contribution in [0.3, 0.4) is 0 Å². The van der Waals surface area contributed by atoms with E-state index in [-0.39, 0.29) is 18.2 Å². The quantitative estimate of drug-likeness (QED) is 0.310. The molecule has 0 aliphatic heterocycles. The van der Waals surface area contributed by atoms with Crippen LogP contribution >= 0.6 is 0 Å². The van der Waals surface area contributed by atoms with Crippen molar-refractivity contribution in [2.45, 2.75) is 13.3 Å². The molecule has 0 bridgehead atoms. The van der Waals surface area contributed by atoms with E-state index in [1.54, 1.807) is 24.3 Å². The van der Waals surface area contributed by atoms with Crippen molar-refractivity contribution in [2.75, 3.05) is 11.9 Å². The average Bonchev–Trinajstić information content (AvgIpc) is 2.29. The van der Waals surface area contributed by atoms with Gasteiger partial charge in [-0.1, -0.05) is 11.2 Å². The zero-order valence-electron chi connectivity index (χ0n) is 9.51. The molecule has 6 heteroatoms. The van der Waals surface area contributed by atoms with Gasteiger partial charge in [0.25, 0.3) is 0 Å². The molecular formula is C11H15N3O3. The highest BCUT2D eigenvalue weighted by molar-refractivity contribution is 6.04. The first-order valence-corrected chi connectivity index (χ1v) is 5.14. The summed E-state index contributed by atoms with van der Waals surface area (Å²) in [6.07, 6.45) is -0.157. The largest absolute Gasteiger partial charge is 0.494 e. The van der Waals surface area contributed by atoms with E-state index in [1.165, 1.54) is 0 Å². The number of amidine groups is 1. The lowest BCUT2D eigenvalue weighted by Crippen LogP contribution is -2.21. The molecule has 0 aromatic heterocycles. The molecule has 0 heterocycles. The van der Waals surface area contributed by atoms with Crippen LogP contribution in [0.1, 0.15) is 13.3 Å². The van der Waals surface area contributed by atoms with Crippen molar-refractivity contribution in [2.24, 2.45) is 10.9 Å². The van der Waals surface area contributed by atoms with Gasteiger partial charge in [-0.2, -0.15) is 0 Å². The van der Waals surface area contributed by atoms with E-state index in [0.29, 0.717) is 18.0 Å². The van der Waals surface area contributed by atoms with Gasteiger partial charge in [0.05, 0.1) is 13.0 Å². The Kier molecular flexibility index (Phi) is 4.80. The molecule has 0 aliphatic carbocycles. The number of ether oxygens (including phenoxy) is 1. The van der Waals surface area contributed by atoms with Gasteiger partial charge >= 0.3 is 0 Å². The zero-order chi connectivity index (χ0) is 12.7. The molecule has 0 aliphatic rings. The molecule has 0 fully saturated rings. The molecule has 0 spiro atoms. The van der Waals surface area contributed by atoms with Gasteiger partial charge in [0, 0.05) is 11.8 Å². The molecule has 4 N–H and O–H groups in total. The second-order valence-electron chi connectivity index (χ2n) is 3.28. The number of rotatable bonds is 5. The zero-order valence-corrected chi connectivity index (χ0v) is 9.51. The van der Waals surface area contributed by atoms with Crippen molar-refractivity contribution in [3.8, 4) is 5.75 Å². The Labute approximate surface area is 99.1 Å². The minimum atomic E-state index is -0.353. The third-order valence-corrected chi connectivity index (χ3v) is 1.90. The summed E-state index contributed by atoms with van der Waals surface area (Å²) in [7, 11) is 0. The second-order valence-corrected chi connectivity index (χ2v) is 3.28. The maximum Gasteiger partial charge on any atom is 0.232 e. The number of nitrogens with zero attached hydrogens (tertiary/aromatic N) is 1. The number of nitrogens with two attached hydrogens (primary N) is 1. The van der Waals surface area contributed by atoms with Crippen molar-refractivity contribution in [1.29, 1.82) is 0 Å². The Hall–Kier alpha value is -2.24. The number of hydrogen-bond donors (Lipinski definition) is 3. The first-order valence-electron chi connectivity index (χ1n) is 5.14. The number of oxime groups is 1. The highest BCUT2D eigenvalue weighted by Crippen LogP contribution is 2.17. The Morgan fingerprint density at radius 2 is 2.35 bits per heavy atom. The Morgan fingerprint density at radius 1 is 1.59 bits per heavy atom. The van der Waals surface area contributed by atoms with Gasteiger partial charge in [0.2, 0.25) is 5.91 Å². The molecule has 92 valence electrons. The fourth-order valence-corrected chi connectivity index (χ4v) is 1.24. The summed E-state index contributed by atoms with van der Waals surface area (Å²) < 4.78 is 5.29. The summed E-state index contributed by atoms with van der Waals surface area (Å²) in [5.41, 5.74) is 5.82. The number of nitrogens with one attached hydrogen (secondary N) is 1. The molecule has 0 unspecified atom stereocenters. The van der Waals surface area contributed by atoms with Crippen LogP contribution < -0.4 is 15.8 Å². The lowest BCUT2D eigenvalue weighted by atomic mass is 10.3. The number of hydrogen-bond acceptors (Lipinski definition) is 4. The molecule has 17 heavy (non-hydrogen) atoms. The summed E-state index contributed by atoms with van der Waals surface area (Å²) in [6.45, 7) is 2.44. The van der Waals surface area contributed by atoms with Gasteiger partial charge in [-0.15, -0.1) is 0 Å². The van der Waals surface area contributed by atoms with Gasteiger partial charge in [0.15, 0.2) is 0 Å². The average molecular weight is 237 g/mol. The first kappa shape index (κ1) is 12.8. The molecule has 0 atom stereocenters. The van der Waals surface area contributed by atoms with Gasteiger partial charge in [0.1, 0.15) is 11.6 Å². The number of benzene rings is 1. The van der Waals surface area contributed by atoms with Crippen LogP contribution in [-0.4, -0.2) is 23.6 Å². The molecule has 1 aromatic carbocycles. The minimum absolute atomic E-state index is 0.136. The summed E-state index contributed by atoms with van der Waals surface area (Å²) in [4.78, 5) is 11.4. The van der Waals surface area contributed by atoms with Crippen LogP contribution in [0, 0.1) is 0 Å². The van der Waals surface area contributed by atoms with Gasteiger partial charge in [-0.05, 0) is 19.1 Å². The predicted molar refractivity (Wildman–Crippen MR) is 64.3 cm³/mol. The molecule has 1 aromatic rings. The number of carbonyl (C=O) groups excluding carboxylic acids is 1. The van der Waals surface area contributed by atoms with Crippen molar-refractivity contribution in [1.82, 2.24) is 0 Å². The summed E-state index contributed by atoms with van der Waals surface area (Å²) >= 11 is 0. The topological polar surface area (TPSA) is 96.9 Å².